The van der Waals surface area contributed by atoms with Gasteiger partial charge in [-0.25, -0.2) is 0 Å². The van der Waals surface area contributed by atoms with Crippen molar-refractivity contribution in [3.63, 3.8) is 0 Å². The number of likely N-dealkylation sites (tertiary alicyclic amines) is 1. The highest BCUT2D eigenvalue weighted by molar-refractivity contribution is 14.1. The van der Waals surface area contributed by atoms with E-state index < -0.39 is 0 Å². The highest BCUT2D eigenvalue weighted by atomic mass is 127. The van der Waals surface area contributed by atoms with Crippen LogP contribution in [-0.2, 0) is 6.42 Å². The molecule has 1 heterocycles. The van der Waals surface area contributed by atoms with Gasteiger partial charge in [-0.05, 0) is 59.5 Å². The lowest BCUT2D eigenvalue weighted by Gasteiger charge is -2.25. The lowest BCUT2D eigenvalue weighted by Crippen LogP contribution is -2.37. The number of halogens is 1. The molecule has 1 aliphatic rings. The molecule has 0 N–H and O–H groups in total. The number of carbonyl (C=O) groups excluding carboxylic acids is 1. The lowest BCUT2D eigenvalue weighted by atomic mass is 10.0. The third-order valence-electron chi connectivity index (χ3n) is 4.06. The minimum Gasteiger partial charge on any atom is -0.335 e. The van der Waals surface area contributed by atoms with Crippen LogP contribution in [0.1, 0.15) is 28.8 Å². The van der Waals surface area contributed by atoms with Crippen molar-refractivity contribution in [1.82, 2.24) is 4.90 Å². The molecule has 1 saturated heterocycles. The van der Waals surface area contributed by atoms with Gasteiger partial charge in [0.15, 0.2) is 0 Å². The summed E-state index contributed by atoms with van der Waals surface area (Å²) in [6.45, 7) is 0.876. The van der Waals surface area contributed by atoms with E-state index in [0.717, 1.165) is 34.9 Å². The Kier molecular flexibility index (Phi) is 4.58. The summed E-state index contributed by atoms with van der Waals surface area (Å²) in [6, 6.07) is 18.6. The zero-order valence-electron chi connectivity index (χ0n) is 11.8. The van der Waals surface area contributed by atoms with Crippen molar-refractivity contribution >= 4 is 28.5 Å². The van der Waals surface area contributed by atoms with E-state index in [2.05, 4.69) is 51.8 Å². The van der Waals surface area contributed by atoms with Gasteiger partial charge in [0.2, 0.25) is 0 Å². The molecular weight excluding hydrogens is 373 g/mol. The van der Waals surface area contributed by atoms with Gasteiger partial charge in [0, 0.05) is 16.2 Å². The van der Waals surface area contributed by atoms with Crippen LogP contribution in [0, 0.1) is 3.57 Å². The average Bonchev–Trinajstić information content (AvgIpc) is 2.96. The summed E-state index contributed by atoms with van der Waals surface area (Å²) >= 11 is 2.25. The summed E-state index contributed by atoms with van der Waals surface area (Å²) in [7, 11) is 0. The molecule has 0 spiro atoms. The van der Waals surface area contributed by atoms with Crippen molar-refractivity contribution in [1.29, 1.82) is 0 Å². The molecule has 0 aliphatic carbocycles. The average molecular weight is 391 g/mol. The molecule has 21 heavy (non-hydrogen) atoms. The standard InChI is InChI=1S/C18H18INO/c19-17-11-5-4-10-16(17)18(21)20-12-6-9-15(20)13-14-7-2-1-3-8-14/h1-5,7-8,10-11,15H,6,9,12-13H2. The van der Waals surface area contributed by atoms with Crippen LogP contribution in [-0.4, -0.2) is 23.4 Å². The Morgan fingerprint density at radius 1 is 1.10 bits per heavy atom. The zero-order valence-corrected chi connectivity index (χ0v) is 14.0. The van der Waals surface area contributed by atoms with Crippen LogP contribution in [0.2, 0.25) is 0 Å². The summed E-state index contributed by atoms with van der Waals surface area (Å²) in [5.74, 6) is 0.179. The number of benzene rings is 2. The van der Waals surface area contributed by atoms with Crippen molar-refractivity contribution in [2.24, 2.45) is 0 Å². The third kappa shape index (κ3) is 3.28. The predicted molar refractivity (Wildman–Crippen MR) is 93.4 cm³/mol. The second-order valence-electron chi connectivity index (χ2n) is 5.46. The molecule has 3 heteroatoms. The molecule has 1 amide bonds. The number of hydrogen-bond acceptors (Lipinski definition) is 1. The first-order chi connectivity index (χ1) is 10.3. The topological polar surface area (TPSA) is 20.3 Å². The van der Waals surface area contributed by atoms with Gasteiger partial charge in [0.1, 0.15) is 0 Å². The smallest absolute Gasteiger partial charge is 0.255 e. The normalized spacial score (nSPS) is 18.0. The number of carbonyl (C=O) groups is 1. The Morgan fingerprint density at radius 3 is 2.57 bits per heavy atom. The lowest BCUT2D eigenvalue weighted by molar-refractivity contribution is 0.0735. The molecule has 1 atom stereocenters. The Bertz CT molecular complexity index is 626. The summed E-state index contributed by atoms with van der Waals surface area (Å²) in [5.41, 5.74) is 2.14. The fourth-order valence-corrected chi connectivity index (χ4v) is 3.61. The molecule has 108 valence electrons. The second kappa shape index (κ2) is 6.60. The van der Waals surface area contributed by atoms with Gasteiger partial charge >= 0.3 is 0 Å². The molecule has 2 nitrogen and oxygen atoms in total. The maximum absolute atomic E-state index is 12.8. The molecule has 3 rings (SSSR count). The van der Waals surface area contributed by atoms with E-state index >= 15 is 0 Å². The van der Waals surface area contributed by atoms with E-state index in [4.69, 9.17) is 0 Å². The van der Waals surface area contributed by atoms with E-state index in [0.29, 0.717) is 6.04 Å². The number of hydrogen-bond donors (Lipinski definition) is 0. The van der Waals surface area contributed by atoms with Gasteiger partial charge in [0.05, 0.1) is 5.56 Å². The van der Waals surface area contributed by atoms with Crippen LogP contribution in [0.4, 0.5) is 0 Å². The summed E-state index contributed by atoms with van der Waals surface area (Å²) < 4.78 is 1.03. The number of nitrogens with zero attached hydrogens (tertiary/aromatic N) is 1. The quantitative estimate of drug-likeness (QED) is 0.721. The minimum absolute atomic E-state index is 0.179. The fraction of sp³-hybridized carbons (Fsp3) is 0.278. The predicted octanol–water partition coefficient (Wildman–Crippen LogP) is 4.14. The van der Waals surface area contributed by atoms with Crippen molar-refractivity contribution in [3.05, 3.63) is 69.3 Å². The molecule has 2 aromatic rings. The van der Waals surface area contributed by atoms with Crippen LogP contribution in [0.25, 0.3) is 0 Å². The molecular formula is C18H18INO. The second-order valence-corrected chi connectivity index (χ2v) is 6.63. The number of rotatable bonds is 3. The Morgan fingerprint density at radius 2 is 1.81 bits per heavy atom. The van der Waals surface area contributed by atoms with Gasteiger partial charge in [0.25, 0.3) is 5.91 Å². The SMILES string of the molecule is O=C(c1ccccc1I)N1CCCC1Cc1ccccc1. The minimum atomic E-state index is 0.179. The maximum atomic E-state index is 12.8. The van der Waals surface area contributed by atoms with E-state index in [-0.39, 0.29) is 5.91 Å². The van der Waals surface area contributed by atoms with E-state index in [1.54, 1.807) is 0 Å². The zero-order chi connectivity index (χ0) is 14.7. The monoisotopic (exact) mass is 391 g/mol. The van der Waals surface area contributed by atoms with Gasteiger partial charge < -0.3 is 4.90 Å². The van der Waals surface area contributed by atoms with Gasteiger partial charge in [-0.1, -0.05) is 42.5 Å². The fourth-order valence-electron chi connectivity index (χ4n) is 2.99. The molecule has 1 aliphatic heterocycles. The molecule has 0 radical (unpaired) electrons. The van der Waals surface area contributed by atoms with Crippen molar-refractivity contribution in [3.8, 4) is 0 Å². The van der Waals surface area contributed by atoms with Crippen molar-refractivity contribution in [2.75, 3.05) is 6.54 Å². The first-order valence-corrected chi connectivity index (χ1v) is 8.43. The summed E-state index contributed by atoms with van der Waals surface area (Å²) in [6.07, 6.45) is 3.16. The van der Waals surface area contributed by atoms with Gasteiger partial charge in [-0.3, -0.25) is 4.79 Å². The first kappa shape index (κ1) is 14.6. The molecule has 1 unspecified atom stereocenters. The Balaban J connectivity index is 1.78. The van der Waals surface area contributed by atoms with Gasteiger partial charge in [-0.15, -0.1) is 0 Å². The summed E-state index contributed by atoms with van der Waals surface area (Å²) in [4.78, 5) is 14.8. The largest absolute Gasteiger partial charge is 0.335 e. The van der Waals surface area contributed by atoms with E-state index in [1.165, 1.54) is 5.56 Å². The van der Waals surface area contributed by atoms with Crippen LogP contribution >= 0.6 is 22.6 Å². The maximum Gasteiger partial charge on any atom is 0.255 e. The summed E-state index contributed by atoms with van der Waals surface area (Å²) in [5, 5.41) is 0. The highest BCUT2D eigenvalue weighted by Gasteiger charge is 2.30. The Labute approximate surface area is 139 Å². The number of amides is 1. The van der Waals surface area contributed by atoms with E-state index in [1.807, 2.05) is 30.3 Å². The van der Waals surface area contributed by atoms with Crippen LogP contribution in [0.5, 0.6) is 0 Å². The highest BCUT2D eigenvalue weighted by Crippen LogP contribution is 2.24. The molecule has 1 fully saturated rings. The third-order valence-corrected chi connectivity index (χ3v) is 5.00. The van der Waals surface area contributed by atoms with Crippen LogP contribution < -0.4 is 0 Å². The van der Waals surface area contributed by atoms with Gasteiger partial charge in [-0.2, -0.15) is 0 Å². The van der Waals surface area contributed by atoms with Crippen LogP contribution in [0.3, 0.4) is 0 Å². The molecule has 0 aromatic heterocycles. The molecule has 0 bridgehead atoms. The molecule has 2 aromatic carbocycles. The Hall–Kier alpha value is -1.36. The van der Waals surface area contributed by atoms with Crippen molar-refractivity contribution in [2.45, 2.75) is 25.3 Å². The van der Waals surface area contributed by atoms with E-state index in [9.17, 15) is 4.79 Å². The van der Waals surface area contributed by atoms with Crippen molar-refractivity contribution < 1.29 is 4.79 Å². The van der Waals surface area contributed by atoms with Crippen LogP contribution in [0.15, 0.2) is 54.6 Å². The molecule has 0 saturated carbocycles. The first-order valence-electron chi connectivity index (χ1n) is 7.35.